The van der Waals surface area contributed by atoms with Gasteiger partial charge in [-0.15, -0.1) is 0 Å². The monoisotopic (exact) mass is 301 g/mol. The van der Waals surface area contributed by atoms with Crippen LogP contribution in [-0.2, 0) is 0 Å². The van der Waals surface area contributed by atoms with Crippen LogP contribution in [0.3, 0.4) is 0 Å². The minimum atomic E-state index is 0.826. The molecule has 0 aromatic heterocycles. The summed E-state index contributed by atoms with van der Waals surface area (Å²) in [5.74, 6) is 0. The van der Waals surface area contributed by atoms with Crippen LogP contribution in [0.4, 0.5) is 0 Å². The van der Waals surface area contributed by atoms with Crippen molar-refractivity contribution in [2.24, 2.45) is 11.5 Å². The molecule has 0 aromatic rings. The highest BCUT2D eigenvalue weighted by atomic mass is 14.9. The van der Waals surface area contributed by atoms with E-state index in [2.05, 4.69) is 16.0 Å². The van der Waals surface area contributed by atoms with E-state index in [9.17, 15) is 0 Å². The van der Waals surface area contributed by atoms with Gasteiger partial charge >= 0.3 is 0 Å². The average Bonchev–Trinajstić information content (AvgIpc) is 2.50. The molecule has 0 aliphatic rings. The van der Waals surface area contributed by atoms with Gasteiger partial charge in [-0.1, -0.05) is 12.8 Å². The quantitative estimate of drug-likeness (QED) is 0.242. The van der Waals surface area contributed by atoms with Crippen molar-refractivity contribution in [1.29, 1.82) is 0 Å². The van der Waals surface area contributed by atoms with E-state index < -0.39 is 0 Å². The predicted octanol–water partition coefficient (Wildman–Crippen LogP) is 0.793. The number of nitrogens with one attached hydrogen (secondary N) is 3. The van der Waals surface area contributed by atoms with E-state index in [1.54, 1.807) is 0 Å². The minimum absolute atomic E-state index is 0.826. The first-order valence-electron chi connectivity index (χ1n) is 8.94. The van der Waals surface area contributed by atoms with Gasteiger partial charge in [0.25, 0.3) is 0 Å². The van der Waals surface area contributed by atoms with Gasteiger partial charge < -0.3 is 27.4 Å². The molecule has 0 unspecified atom stereocenters. The van der Waals surface area contributed by atoms with Gasteiger partial charge in [0.05, 0.1) is 0 Å². The van der Waals surface area contributed by atoms with E-state index >= 15 is 0 Å². The van der Waals surface area contributed by atoms with Gasteiger partial charge in [0, 0.05) is 0 Å². The fourth-order valence-electron chi connectivity index (χ4n) is 2.19. The first-order valence-corrected chi connectivity index (χ1v) is 8.94. The molecule has 0 aliphatic carbocycles. The highest BCUT2D eigenvalue weighted by Gasteiger charge is 1.92. The molecule has 0 aromatic carbocycles. The van der Waals surface area contributed by atoms with Gasteiger partial charge in [0.1, 0.15) is 0 Å². The molecule has 0 aliphatic heterocycles. The van der Waals surface area contributed by atoms with Crippen molar-refractivity contribution in [3.8, 4) is 0 Å². The number of hydrogen-bond donors (Lipinski definition) is 5. The maximum absolute atomic E-state index is 5.46. The van der Waals surface area contributed by atoms with Gasteiger partial charge in [-0.3, -0.25) is 0 Å². The third-order valence-corrected chi connectivity index (χ3v) is 3.53. The largest absolute Gasteiger partial charge is 0.330 e. The second-order valence-corrected chi connectivity index (χ2v) is 5.66. The molecule has 0 fully saturated rings. The maximum Gasteiger partial charge on any atom is -0.00368 e. The summed E-state index contributed by atoms with van der Waals surface area (Å²) in [5.41, 5.74) is 10.9. The first kappa shape index (κ1) is 20.8. The fourth-order valence-corrected chi connectivity index (χ4v) is 2.19. The Bertz CT molecular complexity index is 160. The van der Waals surface area contributed by atoms with Crippen LogP contribution in [0, 0.1) is 0 Å². The molecular weight excluding hydrogens is 262 g/mol. The van der Waals surface area contributed by atoms with Crippen molar-refractivity contribution >= 4 is 0 Å². The van der Waals surface area contributed by atoms with Crippen molar-refractivity contribution in [3.05, 3.63) is 0 Å². The summed E-state index contributed by atoms with van der Waals surface area (Å²) in [6.07, 6.45) is 9.74. The smallest absolute Gasteiger partial charge is 0.00368 e. The summed E-state index contributed by atoms with van der Waals surface area (Å²) < 4.78 is 0. The summed E-state index contributed by atoms with van der Waals surface area (Å²) in [5, 5.41) is 10.5. The molecule has 0 atom stereocenters. The highest BCUT2D eigenvalue weighted by Crippen LogP contribution is 1.91. The molecule has 0 amide bonds. The van der Waals surface area contributed by atoms with Crippen LogP contribution in [-0.4, -0.2) is 52.4 Å². The molecule has 128 valence electrons. The summed E-state index contributed by atoms with van der Waals surface area (Å²) in [6.45, 7) is 8.39. The predicted molar refractivity (Wildman–Crippen MR) is 93.7 cm³/mol. The Kier molecular flexibility index (Phi) is 19.6. The van der Waals surface area contributed by atoms with E-state index in [0.717, 1.165) is 65.2 Å². The molecule has 0 saturated carbocycles. The second-order valence-electron chi connectivity index (χ2n) is 5.66. The zero-order valence-electron chi connectivity index (χ0n) is 14.0. The molecule has 0 spiro atoms. The third kappa shape index (κ3) is 19.8. The standard InChI is InChI=1S/C16H39N5/c17-9-3-1-5-11-19-13-7-15-21-16-8-14-20-12-6-2-4-10-18/h19-21H,1-18H2. The number of nitrogens with two attached hydrogens (primary N) is 2. The molecule has 0 bridgehead atoms. The molecule has 0 saturated heterocycles. The van der Waals surface area contributed by atoms with Crippen LogP contribution in [0.25, 0.3) is 0 Å². The van der Waals surface area contributed by atoms with Crippen LogP contribution in [0.1, 0.15) is 51.4 Å². The van der Waals surface area contributed by atoms with Crippen molar-refractivity contribution in [2.75, 3.05) is 52.4 Å². The molecule has 5 heteroatoms. The average molecular weight is 302 g/mol. The molecular formula is C16H39N5. The SMILES string of the molecule is NCCCCCNCCCNCCCNCCCCCN. The van der Waals surface area contributed by atoms with Crippen molar-refractivity contribution in [1.82, 2.24) is 16.0 Å². The van der Waals surface area contributed by atoms with E-state index in [0.29, 0.717) is 0 Å². The first-order chi connectivity index (χ1) is 10.4. The highest BCUT2D eigenvalue weighted by molar-refractivity contribution is 4.55. The second kappa shape index (κ2) is 19.8. The summed E-state index contributed by atoms with van der Waals surface area (Å²) in [7, 11) is 0. The summed E-state index contributed by atoms with van der Waals surface area (Å²) >= 11 is 0. The van der Waals surface area contributed by atoms with Crippen LogP contribution in [0.5, 0.6) is 0 Å². The van der Waals surface area contributed by atoms with Crippen molar-refractivity contribution < 1.29 is 0 Å². The Balaban J connectivity index is 2.90. The number of unbranched alkanes of at least 4 members (excludes halogenated alkanes) is 4. The molecule has 5 nitrogen and oxygen atoms in total. The fraction of sp³-hybridized carbons (Fsp3) is 1.00. The van der Waals surface area contributed by atoms with Crippen LogP contribution in [0.2, 0.25) is 0 Å². The van der Waals surface area contributed by atoms with Crippen LogP contribution >= 0.6 is 0 Å². The Morgan fingerprint density at radius 1 is 0.381 bits per heavy atom. The lowest BCUT2D eigenvalue weighted by Crippen LogP contribution is -2.26. The van der Waals surface area contributed by atoms with E-state index in [-0.39, 0.29) is 0 Å². The van der Waals surface area contributed by atoms with Crippen LogP contribution < -0.4 is 27.4 Å². The van der Waals surface area contributed by atoms with Gasteiger partial charge in [0.15, 0.2) is 0 Å². The minimum Gasteiger partial charge on any atom is -0.330 e. The summed E-state index contributed by atoms with van der Waals surface area (Å²) in [4.78, 5) is 0. The molecule has 7 N–H and O–H groups in total. The zero-order chi connectivity index (χ0) is 15.4. The van der Waals surface area contributed by atoms with E-state index in [4.69, 9.17) is 11.5 Å². The summed E-state index contributed by atoms with van der Waals surface area (Å²) in [6, 6.07) is 0. The Labute approximate surface area is 132 Å². The topological polar surface area (TPSA) is 88.1 Å². The Hall–Kier alpha value is -0.200. The number of rotatable bonds is 18. The van der Waals surface area contributed by atoms with E-state index in [1.165, 1.54) is 38.5 Å². The zero-order valence-corrected chi connectivity index (χ0v) is 14.0. The van der Waals surface area contributed by atoms with Crippen molar-refractivity contribution in [3.63, 3.8) is 0 Å². The lowest BCUT2D eigenvalue weighted by molar-refractivity contribution is 0.546. The molecule has 0 heterocycles. The molecule has 0 radical (unpaired) electrons. The van der Waals surface area contributed by atoms with E-state index in [1.807, 2.05) is 0 Å². The van der Waals surface area contributed by atoms with Crippen LogP contribution in [0.15, 0.2) is 0 Å². The van der Waals surface area contributed by atoms with Gasteiger partial charge in [-0.05, 0) is 90.9 Å². The maximum atomic E-state index is 5.46. The van der Waals surface area contributed by atoms with Gasteiger partial charge in [0.2, 0.25) is 0 Å². The molecule has 21 heavy (non-hydrogen) atoms. The Morgan fingerprint density at radius 3 is 1.05 bits per heavy atom. The Morgan fingerprint density at radius 2 is 0.714 bits per heavy atom. The van der Waals surface area contributed by atoms with Gasteiger partial charge in [-0.2, -0.15) is 0 Å². The third-order valence-electron chi connectivity index (χ3n) is 3.53. The number of hydrogen-bond acceptors (Lipinski definition) is 5. The normalized spacial score (nSPS) is 11.1. The van der Waals surface area contributed by atoms with Gasteiger partial charge in [-0.25, -0.2) is 0 Å². The lowest BCUT2D eigenvalue weighted by atomic mass is 10.2. The molecule has 0 rings (SSSR count). The van der Waals surface area contributed by atoms with Crippen molar-refractivity contribution in [2.45, 2.75) is 51.4 Å². The lowest BCUT2D eigenvalue weighted by Gasteiger charge is -2.07.